The lowest BCUT2D eigenvalue weighted by Gasteiger charge is -2.16. The Kier molecular flexibility index (Phi) is 3.21. The number of halogens is 3. The molecule has 92 valence electrons. The van der Waals surface area contributed by atoms with Gasteiger partial charge in [-0.1, -0.05) is 20.8 Å². The molecule has 1 heterocycles. The van der Waals surface area contributed by atoms with E-state index in [1.54, 1.807) is 0 Å². The first kappa shape index (κ1) is 12.9. The quantitative estimate of drug-likeness (QED) is 0.789. The molecule has 0 aliphatic carbocycles. The smallest absolute Gasteiger partial charge is 0.408 e. The van der Waals surface area contributed by atoms with E-state index in [4.69, 9.17) is 4.74 Å². The van der Waals surface area contributed by atoms with Crippen LogP contribution in [-0.2, 0) is 12.0 Å². The van der Waals surface area contributed by atoms with Gasteiger partial charge in [-0.15, -0.1) is 5.10 Å². The van der Waals surface area contributed by atoms with E-state index < -0.39 is 12.7 Å². The van der Waals surface area contributed by atoms with Crippen LogP contribution < -0.4 is 4.74 Å². The Morgan fingerprint density at radius 1 is 1.31 bits per heavy atom. The third-order valence-corrected chi connectivity index (χ3v) is 2.07. The van der Waals surface area contributed by atoms with E-state index in [1.807, 2.05) is 20.8 Å². The lowest BCUT2D eigenvalue weighted by Crippen LogP contribution is -2.18. The van der Waals surface area contributed by atoms with Crippen LogP contribution in [0.2, 0.25) is 0 Å². The molecule has 0 aliphatic rings. The van der Waals surface area contributed by atoms with Crippen LogP contribution in [0.5, 0.6) is 5.88 Å². The molecule has 0 radical (unpaired) electrons. The summed E-state index contributed by atoms with van der Waals surface area (Å²) in [5, 5.41) is 3.75. The van der Waals surface area contributed by atoms with Crippen molar-refractivity contribution in [3.05, 3.63) is 11.8 Å². The third-order valence-electron chi connectivity index (χ3n) is 2.07. The van der Waals surface area contributed by atoms with E-state index in [9.17, 15) is 13.2 Å². The van der Waals surface area contributed by atoms with Gasteiger partial charge in [0.1, 0.15) is 6.54 Å². The van der Waals surface area contributed by atoms with Gasteiger partial charge in [0.25, 0.3) is 0 Å². The van der Waals surface area contributed by atoms with Gasteiger partial charge in [-0.3, -0.25) is 4.68 Å². The topological polar surface area (TPSA) is 27.1 Å². The number of ether oxygens (including phenoxy) is 1. The molecule has 0 N–H and O–H groups in total. The molecule has 0 aromatic carbocycles. The van der Waals surface area contributed by atoms with Crippen LogP contribution in [0.3, 0.4) is 0 Å². The number of hydrogen-bond acceptors (Lipinski definition) is 2. The van der Waals surface area contributed by atoms with E-state index in [0.717, 1.165) is 4.68 Å². The van der Waals surface area contributed by atoms with Crippen LogP contribution in [0.4, 0.5) is 13.2 Å². The summed E-state index contributed by atoms with van der Waals surface area (Å²) < 4.78 is 42.4. The Labute approximate surface area is 92.2 Å². The Bertz CT molecular complexity index is 363. The molecule has 6 heteroatoms. The van der Waals surface area contributed by atoms with Gasteiger partial charge in [0, 0.05) is 11.8 Å². The molecule has 0 unspecified atom stereocenters. The first-order valence-corrected chi connectivity index (χ1v) is 4.82. The van der Waals surface area contributed by atoms with E-state index >= 15 is 0 Å². The summed E-state index contributed by atoms with van der Waals surface area (Å²) in [7, 11) is 1.40. The maximum absolute atomic E-state index is 12.2. The summed E-state index contributed by atoms with van der Waals surface area (Å²) in [4.78, 5) is 0. The van der Waals surface area contributed by atoms with Crippen molar-refractivity contribution in [1.82, 2.24) is 9.78 Å². The number of aromatic nitrogens is 2. The molecule has 0 spiro atoms. The van der Waals surface area contributed by atoms with Gasteiger partial charge in [-0.2, -0.15) is 13.2 Å². The molecule has 0 aliphatic heterocycles. The third kappa shape index (κ3) is 3.15. The van der Waals surface area contributed by atoms with E-state index in [1.165, 1.54) is 13.3 Å². The first-order valence-electron chi connectivity index (χ1n) is 4.82. The largest absolute Gasteiger partial charge is 0.480 e. The van der Waals surface area contributed by atoms with E-state index in [-0.39, 0.29) is 11.3 Å². The number of methoxy groups -OCH3 is 1. The van der Waals surface area contributed by atoms with Crippen LogP contribution in [0.25, 0.3) is 0 Å². The van der Waals surface area contributed by atoms with Crippen molar-refractivity contribution in [1.29, 1.82) is 0 Å². The number of rotatable bonds is 2. The lowest BCUT2D eigenvalue weighted by atomic mass is 9.89. The predicted molar refractivity (Wildman–Crippen MR) is 53.5 cm³/mol. The SMILES string of the molecule is COc1nn(CC(F)(F)F)cc1C(C)(C)C. The predicted octanol–water partition coefficient (Wildman–Crippen LogP) is 2.75. The Morgan fingerprint density at radius 3 is 2.19 bits per heavy atom. The summed E-state index contributed by atoms with van der Waals surface area (Å²) in [6, 6.07) is 0. The van der Waals surface area contributed by atoms with Crippen molar-refractivity contribution >= 4 is 0 Å². The lowest BCUT2D eigenvalue weighted by molar-refractivity contribution is -0.142. The summed E-state index contributed by atoms with van der Waals surface area (Å²) in [6.07, 6.45) is -2.89. The number of hydrogen-bond donors (Lipinski definition) is 0. The second-order valence-corrected chi connectivity index (χ2v) is 4.61. The molecule has 16 heavy (non-hydrogen) atoms. The number of alkyl halides is 3. The van der Waals surface area contributed by atoms with Gasteiger partial charge in [0.05, 0.1) is 7.11 Å². The van der Waals surface area contributed by atoms with Crippen molar-refractivity contribution in [2.75, 3.05) is 7.11 Å². The van der Waals surface area contributed by atoms with E-state index in [0.29, 0.717) is 5.56 Å². The molecule has 0 bridgehead atoms. The van der Waals surface area contributed by atoms with Crippen molar-refractivity contribution in [2.45, 2.75) is 38.9 Å². The zero-order valence-electron chi connectivity index (χ0n) is 9.72. The van der Waals surface area contributed by atoms with Gasteiger partial charge < -0.3 is 4.74 Å². The molecule has 0 saturated heterocycles. The molecule has 0 saturated carbocycles. The monoisotopic (exact) mass is 236 g/mol. The Balaban J connectivity index is 3.04. The van der Waals surface area contributed by atoms with Gasteiger partial charge in [0.15, 0.2) is 0 Å². The second kappa shape index (κ2) is 3.99. The highest BCUT2D eigenvalue weighted by Crippen LogP contribution is 2.30. The van der Waals surface area contributed by atoms with Crippen LogP contribution in [-0.4, -0.2) is 23.1 Å². The maximum Gasteiger partial charge on any atom is 0.408 e. The van der Waals surface area contributed by atoms with Crippen molar-refractivity contribution < 1.29 is 17.9 Å². The molecule has 1 aromatic rings. The highest BCUT2D eigenvalue weighted by molar-refractivity contribution is 5.30. The maximum atomic E-state index is 12.2. The highest BCUT2D eigenvalue weighted by Gasteiger charge is 2.30. The highest BCUT2D eigenvalue weighted by atomic mass is 19.4. The summed E-state index contributed by atoms with van der Waals surface area (Å²) in [5.74, 6) is 0.247. The molecule has 0 amide bonds. The van der Waals surface area contributed by atoms with Gasteiger partial charge in [-0.05, 0) is 5.41 Å². The van der Waals surface area contributed by atoms with Gasteiger partial charge in [0.2, 0.25) is 5.88 Å². The fourth-order valence-electron chi connectivity index (χ4n) is 1.33. The molecular weight excluding hydrogens is 221 g/mol. The Hall–Kier alpha value is -1.20. The van der Waals surface area contributed by atoms with Crippen molar-refractivity contribution in [3.8, 4) is 5.88 Å². The fourth-order valence-corrected chi connectivity index (χ4v) is 1.33. The van der Waals surface area contributed by atoms with Crippen molar-refractivity contribution in [2.24, 2.45) is 0 Å². The van der Waals surface area contributed by atoms with Crippen LogP contribution >= 0.6 is 0 Å². The minimum atomic E-state index is -4.27. The van der Waals surface area contributed by atoms with Crippen LogP contribution in [0.15, 0.2) is 6.20 Å². The average molecular weight is 236 g/mol. The molecule has 0 fully saturated rings. The molecule has 1 aromatic heterocycles. The van der Waals surface area contributed by atoms with Gasteiger partial charge >= 0.3 is 6.18 Å². The zero-order chi connectivity index (χ0) is 12.6. The fraction of sp³-hybridized carbons (Fsp3) is 0.700. The summed E-state index contributed by atoms with van der Waals surface area (Å²) in [6.45, 7) is 4.58. The standard InChI is InChI=1S/C10H15F3N2O/c1-9(2,3)7-5-15(6-10(11,12)13)14-8(7)16-4/h5H,6H2,1-4H3. The molecular formula is C10H15F3N2O. The minimum absolute atomic E-state index is 0.247. The van der Waals surface area contributed by atoms with Crippen LogP contribution in [0, 0.1) is 0 Å². The summed E-state index contributed by atoms with van der Waals surface area (Å²) >= 11 is 0. The summed E-state index contributed by atoms with van der Waals surface area (Å²) in [5.41, 5.74) is 0.370. The number of nitrogens with zero attached hydrogens (tertiary/aromatic N) is 2. The van der Waals surface area contributed by atoms with E-state index in [2.05, 4.69) is 5.10 Å². The van der Waals surface area contributed by atoms with Gasteiger partial charge in [-0.25, -0.2) is 0 Å². The first-order chi connectivity index (χ1) is 7.13. The molecule has 3 nitrogen and oxygen atoms in total. The molecule has 1 rings (SSSR count). The average Bonchev–Trinajstić information content (AvgIpc) is 2.43. The zero-order valence-corrected chi connectivity index (χ0v) is 9.72. The normalized spacial score (nSPS) is 12.9. The van der Waals surface area contributed by atoms with Crippen LogP contribution in [0.1, 0.15) is 26.3 Å². The Morgan fingerprint density at radius 2 is 1.88 bits per heavy atom. The second-order valence-electron chi connectivity index (χ2n) is 4.61. The minimum Gasteiger partial charge on any atom is -0.480 e. The molecule has 0 atom stereocenters. The van der Waals surface area contributed by atoms with Crippen molar-refractivity contribution in [3.63, 3.8) is 0 Å².